The van der Waals surface area contributed by atoms with Gasteiger partial charge < -0.3 is 19.7 Å². The van der Waals surface area contributed by atoms with Gasteiger partial charge in [0.1, 0.15) is 17.5 Å². The normalized spacial score (nSPS) is 11.3. The van der Waals surface area contributed by atoms with Gasteiger partial charge in [0.05, 0.1) is 14.2 Å². The summed E-state index contributed by atoms with van der Waals surface area (Å²) in [6, 6.07) is 34.1. The van der Waals surface area contributed by atoms with E-state index in [-0.39, 0.29) is 11.8 Å². The van der Waals surface area contributed by atoms with Crippen LogP contribution in [0.5, 0.6) is 11.5 Å². The van der Waals surface area contributed by atoms with E-state index >= 15 is 0 Å². The van der Waals surface area contributed by atoms with Crippen LogP contribution in [0.2, 0.25) is 0 Å². The fourth-order valence-electron chi connectivity index (χ4n) is 4.62. The number of carbonyl (C=O) groups is 2. The minimum atomic E-state index is -0.776. The second-order valence-electron chi connectivity index (χ2n) is 9.56. The summed E-state index contributed by atoms with van der Waals surface area (Å²) in [5, 5.41) is 3.09. The summed E-state index contributed by atoms with van der Waals surface area (Å²) in [6.45, 7) is 0.742. The first-order chi connectivity index (χ1) is 19.6. The highest BCUT2D eigenvalue weighted by Gasteiger charge is 2.31. The highest BCUT2D eigenvalue weighted by molar-refractivity contribution is 5.88. The number of benzene rings is 4. The smallest absolute Gasteiger partial charge is 0.247 e. The van der Waals surface area contributed by atoms with Crippen LogP contribution in [0.15, 0.2) is 109 Å². The Balaban J connectivity index is 1.57. The van der Waals surface area contributed by atoms with Gasteiger partial charge in [-0.25, -0.2) is 0 Å². The van der Waals surface area contributed by atoms with Crippen molar-refractivity contribution in [1.29, 1.82) is 0 Å². The van der Waals surface area contributed by atoms with E-state index in [1.165, 1.54) is 0 Å². The molecule has 1 N–H and O–H groups in total. The number of aryl methyl sites for hydroxylation is 1. The standard InChI is InChI=1S/C34H36N2O4/c1-39-30-18-13-27(14-19-30)23-24-35-34(38)33(29-11-7-4-8-12-29)36(25-28-15-20-31(40-2)21-16-28)32(37)22-17-26-9-5-3-6-10-26/h3-16,18-21,33H,17,22-25H2,1-2H3,(H,35,38)/t33-/m1/s1. The Hall–Kier alpha value is -4.58. The van der Waals surface area contributed by atoms with Crippen molar-refractivity contribution in [2.75, 3.05) is 20.8 Å². The summed E-state index contributed by atoms with van der Waals surface area (Å²) in [6.07, 6.45) is 1.56. The molecule has 206 valence electrons. The maximum atomic E-state index is 13.8. The van der Waals surface area contributed by atoms with E-state index in [9.17, 15) is 9.59 Å². The summed E-state index contributed by atoms with van der Waals surface area (Å²) in [5.74, 6) is 1.24. The van der Waals surface area contributed by atoms with Crippen molar-refractivity contribution >= 4 is 11.8 Å². The van der Waals surface area contributed by atoms with Crippen LogP contribution in [0.3, 0.4) is 0 Å². The molecule has 0 saturated heterocycles. The van der Waals surface area contributed by atoms with E-state index in [0.717, 1.165) is 33.8 Å². The number of hydrogen-bond donors (Lipinski definition) is 1. The topological polar surface area (TPSA) is 67.9 Å². The zero-order chi connectivity index (χ0) is 28.2. The first kappa shape index (κ1) is 28.4. The van der Waals surface area contributed by atoms with Gasteiger partial charge in [0.15, 0.2) is 0 Å². The number of rotatable bonds is 13. The predicted octanol–water partition coefficient (Wildman–Crippen LogP) is 5.77. The van der Waals surface area contributed by atoms with Crippen LogP contribution in [0.1, 0.15) is 34.7 Å². The molecule has 0 fully saturated rings. The number of amides is 2. The number of methoxy groups -OCH3 is 2. The van der Waals surface area contributed by atoms with E-state index in [4.69, 9.17) is 9.47 Å². The van der Waals surface area contributed by atoms with Gasteiger partial charge in [0, 0.05) is 19.5 Å². The van der Waals surface area contributed by atoms with Crippen LogP contribution in [0.4, 0.5) is 0 Å². The summed E-state index contributed by atoms with van der Waals surface area (Å²) < 4.78 is 10.5. The van der Waals surface area contributed by atoms with E-state index < -0.39 is 6.04 Å². The maximum Gasteiger partial charge on any atom is 0.247 e. The minimum absolute atomic E-state index is 0.0844. The lowest BCUT2D eigenvalue weighted by molar-refractivity contribution is -0.141. The highest BCUT2D eigenvalue weighted by Crippen LogP contribution is 2.26. The minimum Gasteiger partial charge on any atom is -0.497 e. The molecule has 0 radical (unpaired) electrons. The Kier molecular flexibility index (Phi) is 10.3. The molecular weight excluding hydrogens is 500 g/mol. The first-order valence-corrected chi connectivity index (χ1v) is 13.5. The Morgan fingerprint density at radius 1 is 0.675 bits per heavy atom. The molecular formula is C34H36N2O4. The molecule has 6 heteroatoms. The number of nitrogens with zero attached hydrogens (tertiary/aromatic N) is 1. The first-order valence-electron chi connectivity index (χ1n) is 13.5. The third kappa shape index (κ3) is 7.96. The van der Waals surface area contributed by atoms with Crippen molar-refractivity contribution in [2.24, 2.45) is 0 Å². The summed E-state index contributed by atoms with van der Waals surface area (Å²) in [7, 11) is 3.26. The molecule has 4 aromatic carbocycles. The third-order valence-corrected chi connectivity index (χ3v) is 6.85. The molecule has 4 aromatic rings. The molecule has 40 heavy (non-hydrogen) atoms. The predicted molar refractivity (Wildman–Crippen MR) is 157 cm³/mol. The molecule has 0 bridgehead atoms. The van der Waals surface area contributed by atoms with Crippen LogP contribution in [-0.2, 0) is 29.0 Å². The van der Waals surface area contributed by atoms with Gasteiger partial charge in [0.2, 0.25) is 11.8 Å². The van der Waals surface area contributed by atoms with E-state index in [0.29, 0.717) is 32.4 Å². The van der Waals surface area contributed by atoms with Crippen LogP contribution in [0, 0.1) is 0 Å². The van der Waals surface area contributed by atoms with Gasteiger partial charge in [-0.3, -0.25) is 9.59 Å². The van der Waals surface area contributed by atoms with Crippen molar-refractivity contribution in [3.05, 3.63) is 131 Å². The lowest BCUT2D eigenvalue weighted by atomic mass is 10.0. The van der Waals surface area contributed by atoms with Gasteiger partial charge in [-0.15, -0.1) is 0 Å². The highest BCUT2D eigenvalue weighted by atomic mass is 16.5. The zero-order valence-electron chi connectivity index (χ0n) is 23.1. The molecule has 1 atom stereocenters. The second-order valence-corrected chi connectivity index (χ2v) is 9.56. The molecule has 2 amide bonds. The van der Waals surface area contributed by atoms with Crippen molar-refractivity contribution < 1.29 is 19.1 Å². The summed E-state index contributed by atoms with van der Waals surface area (Å²) >= 11 is 0. The van der Waals surface area contributed by atoms with E-state index in [1.807, 2.05) is 109 Å². The van der Waals surface area contributed by atoms with Crippen LogP contribution < -0.4 is 14.8 Å². The molecule has 0 saturated carbocycles. The molecule has 0 aliphatic rings. The SMILES string of the molecule is COc1ccc(CCNC(=O)[C@@H](c2ccccc2)N(Cc2ccc(OC)cc2)C(=O)CCc2ccccc2)cc1. The monoisotopic (exact) mass is 536 g/mol. The number of hydrogen-bond acceptors (Lipinski definition) is 4. The molecule has 0 aliphatic heterocycles. The van der Waals surface area contributed by atoms with Crippen molar-refractivity contribution in [3.8, 4) is 11.5 Å². The molecule has 0 unspecified atom stereocenters. The van der Waals surface area contributed by atoms with Gasteiger partial charge in [-0.05, 0) is 59.4 Å². The molecule has 0 aromatic heterocycles. The Morgan fingerprint density at radius 3 is 1.77 bits per heavy atom. The van der Waals surface area contributed by atoms with E-state index in [2.05, 4.69) is 5.32 Å². The lowest BCUT2D eigenvalue weighted by Crippen LogP contribution is -2.44. The fourth-order valence-corrected chi connectivity index (χ4v) is 4.62. The van der Waals surface area contributed by atoms with Gasteiger partial charge in [-0.2, -0.15) is 0 Å². The molecule has 0 spiro atoms. The van der Waals surface area contributed by atoms with E-state index in [1.54, 1.807) is 19.1 Å². The molecule has 6 nitrogen and oxygen atoms in total. The maximum absolute atomic E-state index is 13.8. The largest absolute Gasteiger partial charge is 0.497 e. The van der Waals surface area contributed by atoms with Crippen LogP contribution in [0.25, 0.3) is 0 Å². The summed E-state index contributed by atoms with van der Waals surface area (Å²) in [5.41, 5.74) is 3.86. The fraction of sp³-hybridized carbons (Fsp3) is 0.235. The molecule has 4 rings (SSSR count). The van der Waals surface area contributed by atoms with Crippen molar-refractivity contribution in [2.45, 2.75) is 31.8 Å². The lowest BCUT2D eigenvalue weighted by Gasteiger charge is -2.32. The Morgan fingerprint density at radius 2 is 1.20 bits per heavy atom. The molecule has 0 aliphatic carbocycles. The zero-order valence-corrected chi connectivity index (χ0v) is 23.1. The van der Waals surface area contributed by atoms with Gasteiger partial charge in [0.25, 0.3) is 0 Å². The van der Waals surface area contributed by atoms with Gasteiger partial charge in [-0.1, -0.05) is 84.9 Å². The molecule has 0 heterocycles. The average molecular weight is 537 g/mol. The Labute approximate surface area is 236 Å². The third-order valence-electron chi connectivity index (χ3n) is 6.85. The van der Waals surface area contributed by atoms with Crippen LogP contribution in [-0.4, -0.2) is 37.5 Å². The number of ether oxygens (including phenoxy) is 2. The number of carbonyl (C=O) groups excluding carboxylic acids is 2. The van der Waals surface area contributed by atoms with Crippen molar-refractivity contribution in [3.63, 3.8) is 0 Å². The average Bonchev–Trinajstić information content (AvgIpc) is 3.01. The van der Waals surface area contributed by atoms with Gasteiger partial charge >= 0.3 is 0 Å². The van der Waals surface area contributed by atoms with Crippen LogP contribution >= 0.6 is 0 Å². The summed E-state index contributed by atoms with van der Waals surface area (Å²) in [4.78, 5) is 29.3. The quantitative estimate of drug-likeness (QED) is 0.236. The van der Waals surface area contributed by atoms with Crippen molar-refractivity contribution in [1.82, 2.24) is 10.2 Å². The second kappa shape index (κ2) is 14.5. The Bertz CT molecular complexity index is 1340. The number of nitrogens with one attached hydrogen (secondary N) is 1.